The lowest BCUT2D eigenvalue weighted by atomic mass is 10.2. The smallest absolute Gasteiger partial charge is 0.222 e. The number of nitrogens with zero attached hydrogens (tertiary/aromatic N) is 9. The largest absolute Gasteiger partial charge is 0.379 e. The van der Waals surface area contributed by atoms with Gasteiger partial charge in [-0.1, -0.05) is 34.8 Å². The fourth-order valence-electron chi connectivity index (χ4n) is 7.60. The zero-order valence-electron chi connectivity index (χ0n) is 35.3. The van der Waals surface area contributed by atoms with Crippen LogP contribution in [0.15, 0.2) is 52.5 Å². The zero-order chi connectivity index (χ0) is 44.5. The van der Waals surface area contributed by atoms with E-state index in [1.54, 1.807) is 34.0 Å². The number of hydrogen-bond donors (Lipinski definition) is 3. The van der Waals surface area contributed by atoms with Crippen LogP contribution in [0, 0.1) is 20.8 Å². The Bertz CT molecular complexity index is 2100. The molecule has 3 aliphatic rings. The SMILES string of the molecule is Cc1cc(N2CCCOCC2c2sccc2Cl)nc(N)n1.Cc1cc(N2CCCOCC2c2sccc2Cl)nc(N)n1.Cc1cc(N2CCCOCC2c2sccc2Cl)nc(N)n1. The first kappa shape index (κ1) is 46.9. The molecule has 0 aliphatic carbocycles. The van der Waals surface area contributed by atoms with Crippen LogP contribution >= 0.6 is 68.8 Å². The van der Waals surface area contributed by atoms with Gasteiger partial charge < -0.3 is 46.1 Å². The molecule has 6 aromatic rings. The topological polar surface area (TPSA) is 193 Å². The summed E-state index contributed by atoms with van der Waals surface area (Å²) < 4.78 is 17.2. The molecule has 336 valence electrons. The van der Waals surface area contributed by atoms with Crippen LogP contribution < -0.4 is 31.9 Å². The number of halogens is 3. The molecule has 3 aliphatic heterocycles. The van der Waals surface area contributed by atoms with Gasteiger partial charge in [0.25, 0.3) is 0 Å². The van der Waals surface area contributed by atoms with Crippen molar-refractivity contribution in [1.29, 1.82) is 0 Å². The van der Waals surface area contributed by atoms with Crippen LogP contribution in [0.2, 0.25) is 15.1 Å². The van der Waals surface area contributed by atoms with E-state index in [1.807, 2.05) is 73.3 Å². The first-order valence-corrected chi connectivity index (χ1v) is 24.3. The molecule has 6 N–H and O–H groups in total. The van der Waals surface area contributed by atoms with Crippen molar-refractivity contribution < 1.29 is 14.2 Å². The maximum atomic E-state index is 6.31. The Balaban J connectivity index is 0.000000142. The van der Waals surface area contributed by atoms with E-state index in [0.717, 1.165) is 123 Å². The van der Waals surface area contributed by atoms with Gasteiger partial charge in [0.15, 0.2) is 0 Å². The minimum atomic E-state index is 0.0636. The van der Waals surface area contributed by atoms with Crippen LogP contribution in [0.5, 0.6) is 0 Å². The molecule has 3 unspecified atom stereocenters. The number of nitrogens with two attached hydrogens (primary N) is 3. The second kappa shape index (κ2) is 22.2. The Morgan fingerprint density at radius 2 is 0.778 bits per heavy atom. The number of ether oxygens (including phenoxy) is 3. The van der Waals surface area contributed by atoms with Gasteiger partial charge in [-0.3, -0.25) is 0 Å². The van der Waals surface area contributed by atoms with Crippen molar-refractivity contribution in [3.8, 4) is 0 Å². The lowest BCUT2D eigenvalue weighted by molar-refractivity contribution is 0.135. The maximum absolute atomic E-state index is 6.31. The van der Waals surface area contributed by atoms with Gasteiger partial charge in [0.05, 0.1) is 53.0 Å². The molecule has 3 atom stereocenters. The van der Waals surface area contributed by atoms with Crippen LogP contribution in [0.3, 0.4) is 0 Å². The molecule has 6 aromatic heterocycles. The Hall–Kier alpha value is -4.11. The van der Waals surface area contributed by atoms with Crippen molar-refractivity contribution in [2.75, 3.05) is 91.2 Å². The molecule has 0 amide bonds. The Morgan fingerprint density at radius 1 is 0.492 bits per heavy atom. The van der Waals surface area contributed by atoms with Crippen LogP contribution in [0.25, 0.3) is 0 Å². The molecule has 63 heavy (non-hydrogen) atoms. The molecule has 9 heterocycles. The van der Waals surface area contributed by atoms with E-state index < -0.39 is 0 Å². The zero-order valence-corrected chi connectivity index (χ0v) is 40.0. The lowest BCUT2D eigenvalue weighted by Crippen LogP contribution is -2.31. The summed E-state index contributed by atoms with van der Waals surface area (Å²) in [6.07, 6.45) is 2.84. The summed E-state index contributed by atoms with van der Waals surface area (Å²) in [5.74, 6) is 3.39. The van der Waals surface area contributed by atoms with E-state index in [9.17, 15) is 0 Å². The number of thiophene rings is 3. The lowest BCUT2D eigenvalue weighted by Gasteiger charge is -2.30. The number of aromatic nitrogens is 6. The number of anilines is 6. The van der Waals surface area contributed by atoms with Gasteiger partial charge in [-0.25, -0.2) is 15.0 Å². The molecule has 15 nitrogen and oxygen atoms in total. The highest BCUT2D eigenvalue weighted by molar-refractivity contribution is 7.11. The van der Waals surface area contributed by atoms with Gasteiger partial charge in [0.1, 0.15) is 17.5 Å². The number of hydrogen-bond acceptors (Lipinski definition) is 18. The average molecular weight is 975 g/mol. The standard InChI is InChI=1S/3C14H17ClN4OS/c3*1-9-7-12(18-14(16)17-9)19-4-2-5-20-8-11(19)13-10(15)3-6-21-13/h3*3,6-7,11H,2,4-5,8H2,1H3,(H2,16,17,18). The first-order chi connectivity index (χ1) is 30.4. The minimum Gasteiger partial charge on any atom is -0.379 e. The van der Waals surface area contributed by atoms with E-state index in [0.29, 0.717) is 37.7 Å². The number of rotatable bonds is 6. The fourth-order valence-corrected chi connectivity index (χ4v) is 11.4. The quantitative estimate of drug-likeness (QED) is 0.143. The molecule has 0 aromatic carbocycles. The molecular weight excluding hydrogens is 923 g/mol. The van der Waals surface area contributed by atoms with Crippen molar-refractivity contribution in [3.05, 3.63) is 99.3 Å². The number of nitrogen functional groups attached to an aromatic ring is 3. The predicted molar refractivity (Wildman–Crippen MR) is 258 cm³/mol. The van der Waals surface area contributed by atoms with Gasteiger partial charge in [0, 0.05) is 89.4 Å². The molecular formula is C42H51Cl3N12O3S3. The van der Waals surface area contributed by atoms with E-state index in [2.05, 4.69) is 44.6 Å². The van der Waals surface area contributed by atoms with Crippen molar-refractivity contribution in [1.82, 2.24) is 29.9 Å². The van der Waals surface area contributed by atoms with Crippen molar-refractivity contribution >= 4 is 104 Å². The van der Waals surface area contributed by atoms with Gasteiger partial charge in [-0.15, -0.1) is 34.0 Å². The molecule has 0 saturated carbocycles. The Kier molecular flexibility index (Phi) is 16.5. The summed E-state index contributed by atoms with van der Waals surface area (Å²) >= 11 is 23.9. The van der Waals surface area contributed by atoms with Crippen LogP contribution in [-0.2, 0) is 14.2 Å². The third-order valence-corrected chi connectivity index (χ3v) is 14.7. The van der Waals surface area contributed by atoms with Crippen molar-refractivity contribution in [2.24, 2.45) is 0 Å². The maximum Gasteiger partial charge on any atom is 0.222 e. The third-order valence-electron chi connectivity index (χ3n) is 10.3. The summed E-state index contributed by atoms with van der Waals surface area (Å²) in [5.41, 5.74) is 20.0. The van der Waals surface area contributed by atoms with Crippen molar-refractivity contribution in [2.45, 2.75) is 58.2 Å². The Labute approximate surface area is 394 Å². The second-order valence-corrected chi connectivity index (χ2v) is 19.1. The monoisotopic (exact) mass is 972 g/mol. The first-order valence-electron chi connectivity index (χ1n) is 20.5. The van der Waals surface area contributed by atoms with E-state index >= 15 is 0 Å². The van der Waals surface area contributed by atoms with Crippen LogP contribution in [0.4, 0.5) is 35.3 Å². The molecule has 3 saturated heterocycles. The van der Waals surface area contributed by atoms with E-state index in [1.165, 1.54) is 0 Å². The summed E-state index contributed by atoms with van der Waals surface area (Å²) in [6.45, 7) is 12.4. The fraction of sp³-hybridized carbons (Fsp3) is 0.429. The summed E-state index contributed by atoms with van der Waals surface area (Å²) in [4.78, 5) is 35.6. The highest BCUT2D eigenvalue weighted by Crippen LogP contribution is 2.39. The second-order valence-electron chi connectivity index (χ2n) is 15.0. The van der Waals surface area contributed by atoms with Gasteiger partial charge in [-0.05, 0) is 74.4 Å². The third kappa shape index (κ3) is 12.2. The van der Waals surface area contributed by atoms with Gasteiger partial charge in [-0.2, -0.15) is 15.0 Å². The van der Waals surface area contributed by atoms with Gasteiger partial charge in [0.2, 0.25) is 17.8 Å². The van der Waals surface area contributed by atoms with E-state index in [-0.39, 0.29) is 18.1 Å². The summed E-state index contributed by atoms with van der Waals surface area (Å²) in [6, 6.07) is 11.8. The summed E-state index contributed by atoms with van der Waals surface area (Å²) in [5, 5.41) is 8.33. The Morgan fingerprint density at radius 3 is 1.02 bits per heavy atom. The molecule has 0 radical (unpaired) electrons. The van der Waals surface area contributed by atoms with Crippen LogP contribution in [0.1, 0.15) is 69.1 Å². The molecule has 9 rings (SSSR count). The molecule has 3 fully saturated rings. The summed E-state index contributed by atoms with van der Waals surface area (Å²) in [7, 11) is 0. The molecule has 21 heteroatoms. The predicted octanol–water partition coefficient (Wildman–Crippen LogP) is 9.15. The van der Waals surface area contributed by atoms with Gasteiger partial charge >= 0.3 is 0 Å². The normalized spacial score (nSPS) is 19.5. The molecule has 0 bridgehead atoms. The van der Waals surface area contributed by atoms with Crippen molar-refractivity contribution in [3.63, 3.8) is 0 Å². The van der Waals surface area contributed by atoms with E-state index in [4.69, 9.17) is 66.2 Å². The highest BCUT2D eigenvalue weighted by atomic mass is 35.5. The van der Waals surface area contributed by atoms with Crippen LogP contribution in [-0.4, -0.2) is 89.2 Å². The average Bonchev–Trinajstić information content (AvgIpc) is 3.78. The number of aryl methyl sites for hydroxylation is 3. The minimum absolute atomic E-state index is 0.0636. The molecule has 0 spiro atoms. The highest BCUT2D eigenvalue weighted by Gasteiger charge is 2.30.